The zero-order valence-electron chi connectivity index (χ0n) is 8.59. The molecule has 0 aliphatic rings. The molecule has 0 amide bonds. The normalized spacial score (nSPS) is 14.1. The molecule has 4 heteroatoms. The maximum Gasteiger partial charge on any atom is 0.251 e. The summed E-state index contributed by atoms with van der Waals surface area (Å²) >= 11 is 0. The van der Waals surface area contributed by atoms with E-state index < -0.39 is 6.43 Å². The lowest BCUT2D eigenvalue weighted by Gasteiger charge is -2.23. The summed E-state index contributed by atoms with van der Waals surface area (Å²) in [6.45, 7) is 7.37. The summed E-state index contributed by atoms with van der Waals surface area (Å²) in [5.41, 5.74) is 0. The van der Waals surface area contributed by atoms with Crippen molar-refractivity contribution in [2.75, 3.05) is 26.2 Å². The Morgan fingerprint density at radius 2 is 1.85 bits per heavy atom. The van der Waals surface area contributed by atoms with Gasteiger partial charge in [-0.2, -0.15) is 0 Å². The smallest absolute Gasteiger partial charge is 0.251 e. The lowest BCUT2D eigenvalue weighted by Crippen LogP contribution is -2.35. The van der Waals surface area contributed by atoms with Crippen molar-refractivity contribution in [3.63, 3.8) is 0 Å². The Kier molecular flexibility index (Phi) is 7.09. The quantitative estimate of drug-likeness (QED) is 0.616. The van der Waals surface area contributed by atoms with Gasteiger partial charge in [0.2, 0.25) is 0 Å². The number of ether oxygens (including phenoxy) is 1. The SMILES string of the molecule is CCO[C@@H](C)CN(CC)CC(F)F. The van der Waals surface area contributed by atoms with Crippen molar-refractivity contribution in [2.45, 2.75) is 33.3 Å². The molecule has 13 heavy (non-hydrogen) atoms. The molecular weight excluding hydrogens is 176 g/mol. The number of hydrogen-bond acceptors (Lipinski definition) is 2. The van der Waals surface area contributed by atoms with Crippen LogP contribution in [-0.4, -0.2) is 43.7 Å². The second-order valence-electron chi connectivity index (χ2n) is 3.01. The zero-order valence-corrected chi connectivity index (χ0v) is 8.59. The van der Waals surface area contributed by atoms with Crippen molar-refractivity contribution in [3.05, 3.63) is 0 Å². The lowest BCUT2D eigenvalue weighted by molar-refractivity contribution is 0.0253. The highest BCUT2D eigenvalue weighted by atomic mass is 19.3. The van der Waals surface area contributed by atoms with Crippen LogP contribution in [0.15, 0.2) is 0 Å². The van der Waals surface area contributed by atoms with E-state index in [0.29, 0.717) is 19.7 Å². The summed E-state index contributed by atoms with van der Waals surface area (Å²) < 4.78 is 29.3. The van der Waals surface area contributed by atoms with E-state index in [1.54, 1.807) is 4.90 Å². The minimum Gasteiger partial charge on any atom is -0.377 e. The number of nitrogens with zero attached hydrogens (tertiary/aromatic N) is 1. The molecule has 0 saturated carbocycles. The Hall–Kier alpha value is -0.220. The molecule has 0 unspecified atom stereocenters. The number of halogens is 2. The van der Waals surface area contributed by atoms with E-state index in [0.717, 1.165) is 0 Å². The molecular formula is C9H19F2NO. The molecule has 0 radical (unpaired) electrons. The van der Waals surface area contributed by atoms with Crippen molar-refractivity contribution in [1.29, 1.82) is 0 Å². The minimum atomic E-state index is -2.26. The van der Waals surface area contributed by atoms with Crippen LogP contribution in [0.3, 0.4) is 0 Å². The monoisotopic (exact) mass is 195 g/mol. The van der Waals surface area contributed by atoms with Gasteiger partial charge in [0.1, 0.15) is 0 Å². The van der Waals surface area contributed by atoms with Gasteiger partial charge in [0.25, 0.3) is 6.43 Å². The molecule has 0 spiro atoms. The fourth-order valence-corrected chi connectivity index (χ4v) is 1.23. The van der Waals surface area contributed by atoms with Gasteiger partial charge in [0.15, 0.2) is 0 Å². The van der Waals surface area contributed by atoms with E-state index in [2.05, 4.69) is 0 Å². The molecule has 0 heterocycles. The van der Waals surface area contributed by atoms with Crippen LogP contribution in [0.5, 0.6) is 0 Å². The highest BCUT2D eigenvalue weighted by molar-refractivity contribution is 4.61. The first-order chi connectivity index (χ1) is 6.10. The van der Waals surface area contributed by atoms with Crippen LogP contribution in [0.1, 0.15) is 20.8 Å². The van der Waals surface area contributed by atoms with Gasteiger partial charge < -0.3 is 4.74 Å². The lowest BCUT2D eigenvalue weighted by atomic mass is 10.3. The van der Waals surface area contributed by atoms with Gasteiger partial charge in [-0.15, -0.1) is 0 Å². The summed E-state index contributed by atoms with van der Waals surface area (Å²) in [5, 5.41) is 0. The Morgan fingerprint density at radius 3 is 2.23 bits per heavy atom. The van der Waals surface area contributed by atoms with Gasteiger partial charge in [-0.1, -0.05) is 6.92 Å². The molecule has 0 N–H and O–H groups in total. The van der Waals surface area contributed by atoms with E-state index in [1.807, 2.05) is 20.8 Å². The van der Waals surface area contributed by atoms with Crippen molar-refractivity contribution >= 4 is 0 Å². The van der Waals surface area contributed by atoms with Crippen LogP contribution in [0.4, 0.5) is 8.78 Å². The van der Waals surface area contributed by atoms with Gasteiger partial charge in [0.05, 0.1) is 12.6 Å². The first-order valence-corrected chi connectivity index (χ1v) is 4.72. The molecule has 0 aromatic rings. The zero-order chi connectivity index (χ0) is 10.3. The van der Waals surface area contributed by atoms with Crippen LogP contribution in [0.2, 0.25) is 0 Å². The predicted molar refractivity (Wildman–Crippen MR) is 49.2 cm³/mol. The summed E-state index contributed by atoms with van der Waals surface area (Å²) in [6.07, 6.45) is -2.22. The summed E-state index contributed by atoms with van der Waals surface area (Å²) in [7, 11) is 0. The highest BCUT2D eigenvalue weighted by Gasteiger charge is 2.13. The third-order valence-electron chi connectivity index (χ3n) is 1.81. The summed E-state index contributed by atoms with van der Waals surface area (Å²) in [4.78, 5) is 1.70. The third-order valence-corrected chi connectivity index (χ3v) is 1.81. The van der Waals surface area contributed by atoms with Crippen LogP contribution in [-0.2, 0) is 4.74 Å². The fourth-order valence-electron chi connectivity index (χ4n) is 1.23. The van der Waals surface area contributed by atoms with Gasteiger partial charge >= 0.3 is 0 Å². The van der Waals surface area contributed by atoms with Crippen molar-refractivity contribution in [3.8, 4) is 0 Å². The van der Waals surface area contributed by atoms with Crippen LogP contribution >= 0.6 is 0 Å². The second kappa shape index (κ2) is 7.21. The second-order valence-corrected chi connectivity index (χ2v) is 3.01. The van der Waals surface area contributed by atoms with Gasteiger partial charge in [-0.25, -0.2) is 8.78 Å². The molecule has 0 bridgehead atoms. The van der Waals surface area contributed by atoms with Crippen molar-refractivity contribution < 1.29 is 13.5 Å². The molecule has 0 saturated heterocycles. The first kappa shape index (κ1) is 12.8. The number of likely N-dealkylation sites (N-methyl/N-ethyl adjacent to an activating group) is 1. The molecule has 0 aromatic carbocycles. The first-order valence-electron chi connectivity index (χ1n) is 4.72. The molecule has 0 aliphatic carbocycles. The maximum atomic E-state index is 12.0. The number of rotatable bonds is 7. The fraction of sp³-hybridized carbons (Fsp3) is 1.00. The van der Waals surface area contributed by atoms with E-state index in [1.165, 1.54) is 0 Å². The molecule has 1 atom stereocenters. The van der Waals surface area contributed by atoms with E-state index in [-0.39, 0.29) is 12.6 Å². The van der Waals surface area contributed by atoms with Crippen LogP contribution in [0, 0.1) is 0 Å². The molecule has 0 aromatic heterocycles. The Balaban J connectivity index is 3.69. The third kappa shape index (κ3) is 6.90. The van der Waals surface area contributed by atoms with Crippen LogP contribution in [0.25, 0.3) is 0 Å². The summed E-state index contributed by atoms with van der Waals surface area (Å²) in [5.74, 6) is 0. The average Bonchev–Trinajstić information content (AvgIpc) is 2.02. The maximum absolute atomic E-state index is 12.0. The molecule has 2 nitrogen and oxygen atoms in total. The van der Waals surface area contributed by atoms with E-state index >= 15 is 0 Å². The van der Waals surface area contributed by atoms with Gasteiger partial charge in [-0.05, 0) is 20.4 Å². The van der Waals surface area contributed by atoms with E-state index in [9.17, 15) is 8.78 Å². The predicted octanol–water partition coefficient (Wildman–Crippen LogP) is 2.00. The molecule has 80 valence electrons. The summed E-state index contributed by atoms with van der Waals surface area (Å²) in [6, 6.07) is 0. The number of alkyl halides is 2. The Bertz CT molecular complexity index is 122. The number of hydrogen-bond donors (Lipinski definition) is 0. The van der Waals surface area contributed by atoms with Gasteiger partial charge in [0, 0.05) is 13.2 Å². The minimum absolute atomic E-state index is 0.0312. The Morgan fingerprint density at radius 1 is 1.23 bits per heavy atom. The average molecular weight is 195 g/mol. The largest absolute Gasteiger partial charge is 0.377 e. The van der Waals surface area contributed by atoms with Crippen LogP contribution < -0.4 is 0 Å². The topological polar surface area (TPSA) is 12.5 Å². The molecule has 0 fully saturated rings. The van der Waals surface area contributed by atoms with Crippen molar-refractivity contribution in [1.82, 2.24) is 4.90 Å². The van der Waals surface area contributed by atoms with E-state index in [4.69, 9.17) is 4.74 Å². The molecule has 0 rings (SSSR count). The van der Waals surface area contributed by atoms with Gasteiger partial charge in [-0.3, -0.25) is 4.90 Å². The van der Waals surface area contributed by atoms with Crippen molar-refractivity contribution in [2.24, 2.45) is 0 Å². The highest BCUT2D eigenvalue weighted by Crippen LogP contribution is 2.01. The standard InChI is InChI=1S/C9H19F2NO/c1-4-12(7-9(10)11)6-8(3)13-5-2/h8-9H,4-7H2,1-3H3/t8-/m0/s1. The Labute approximate surface area is 78.9 Å². The molecule has 0 aliphatic heterocycles.